The molecule has 20 heavy (non-hydrogen) atoms. The number of aromatic nitrogens is 6. The minimum atomic E-state index is 0.219. The van der Waals surface area contributed by atoms with Gasteiger partial charge in [-0.05, 0) is 18.8 Å². The molecule has 0 amide bonds. The van der Waals surface area contributed by atoms with Gasteiger partial charge in [0.05, 0.1) is 0 Å². The number of nitrogens with zero attached hydrogens (tertiary/aromatic N) is 6. The van der Waals surface area contributed by atoms with Crippen LogP contribution in [0.5, 0.6) is 0 Å². The lowest BCUT2D eigenvalue weighted by Crippen LogP contribution is -2.16. The lowest BCUT2D eigenvalue weighted by Gasteiger charge is -2.25. The summed E-state index contributed by atoms with van der Waals surface area (Å²) >= 11 is 1.69. The van der Waals surface area contributed by atoms with Gasteiger partial charge in [0.15, 0.2) is 5.16 Å². The molecule has 1 aliphatic rings. The smallest absolute Gasteiger partial charge is 0.257 e. The maximum absolute atomic E-state index is 5.76. The first-order chi connectivity index (χ1) is 9.70. The third-order valence-corrected chi connectivity index (χ3v) is 4.56. The minimum Gasteiger partial charge on any atom is -0.368 e. The van der Waals surface area contributed by atoms with Crippen LogP contribution in [0.25, 0.3) is 5.95 Å². The third-order valence-electron chi connectivity index (χ3n) is 3.40. The summed E-state index contributed by atoms with van der Waals surface area (Å²) < 4.78 is 1.49. The Balaban J connectivity index is 1.79. The first kappa shape index (κ1) is 13.3. The molecule has 2 atom stereocenters. The van der Waals surface area contributed by atoms with E-state index in [-0.39, 0.29) is 5.95 Å². The molecule has 8 heteroatoms. The van der Waals surface area contributed by atoms with Crippen molar-refractivity contribution in [2.75, 3.05) is 5.73 Å². The number of anilines is 1. The van der Waals surface area contributed by atoms with Crippen molar-refractivity contribution >= 4 is 17.7 Å². The van der Waals surface area contributed by atoms with Crippen molar-refractivity contribution in [3.05, 3.63) is 12.7 Å². The molecule has 0 aliphatic heterocycles. The second-order valence-electron chi connectivity index (χ2n) is 5.13. The van der Waals surface area contributed by atoms with Gasteiger partial charge in [-0.1, -0.05) is 31.5 Å². The standard InChI is InChI=1S/C12H17N7S/c1-8-3-2-4-9(5-8)20-12-17-10(13)16-11(18-12)19-7-14-6-15-19/h6-9H,2-5H2,1H3,(H2,13,16,17,18). The predicted molar refractivity (Wildman–Crippen MR) is 76.4 cm³/mol. The van der Waals surface area contributed by atoms with Gasteiger partial charge < -0.3 is 5.73 Å². The van der Waals surface area contributed by atoms with Crippen molar-refractivity contribution in [1.29, 1.82) is 0 Å². The number of hydrogen-bond acceptors (Lipinski definition) is 7. The molecule has 0 bridgehead atoms. The molecule has 7 nitrogen and oxygen atoms in total. The fraction of sp³-hybridized carbons (Fsp3) is 0.583. The Labute approximate surface area is 121 Å². The highest BCUT2D eigenvalue weighted by Gasteiger charge is 2.21. The molecule has 0 aromatic carbocycles. The van der Waals surface area contributed by atoms with Crippen molar-refractivity contribution in [3.63, 3.8) is 0 Å². The predicted octanol–water partition coefficient (Wildman–Crippen LogP) is 1.71. The molecular weight excluding hydrogens is 274 g/mol. The van der Waals surface area contributed by atoms with Crippen LogP contribution < -0.4 is 5.73 Å². The van der Waals surface area contributed by atoms with Gasteiger partial charge in [0.1, 0.15) is 12.7 Å². The summed E-state index contributed by atoms with van der Waals surface area (Å²) in [5, 5.41) is 5.24. The summed E-state index contributed by atoms with van der Waals surface area (Å²) in [4.78, 5) is 16.6. The van der Waals surface area contributed by atoms with Gasteiger partial charge in [0.2, 0.25) is 5.95 Å². The summed E-state index contributed by atoms with van der Waals surface area (Å²) in [6, 6.07) is 0. The molecule has 1 fully saturated rings. The molecule has 106 valence electrons. The average molecular weight is 291 g/mol. The minimum absolute atomic E-state index is 0.219. The first-order valence-electron chi connectivity index (χ1n) is 6.74. The van der Waals surface area contributed by atoms with Crippen LogP contribution in [0.2, 0.25) is 0 Å². The molecule has 1 saturated carbocycles. The summed E-state index contributed by atoms with van der Waals surface area (Å²) in [5.41, 5.74) is 5.76. The number of rotatable bonds is 3. The van der Waals surface area contributed by atoms with E-state index in [1.165, 1.54) is 36.7 Å². The van der Waals surface area contributed by atoms with Gasteiger partial charge >= 0.3 is 0 Å². The van der Waals surface area contributed by atoms with E-state index in [1.54, 1.807) is 18.1 Å². The summed E-state index contributed by atoms with van der Waals surface area (Å²) in [6.45, 7) is 2.30. The van der Waals surface area contributed by atoms with E-state index in [2.05, 4.69) is 32.0 Å². The molecule has 0 radical (unpaired) electrons. The Morgan fingerprint density at radius 1 is 1.30 bits per heavy atom. The second kappa shape index (κ2) is 5.74. The molecule has 3 rings (SSSR count). The molecular formula is C12H17N7S. The highest BCUT2D eigenvalue weighted by molar-refractivity contribution is 7.99. The lowest BCUT2D eigenvalue weighted by molar-refractivity contribution is 0.394. The van der Waals surface area contributed by atoms with Gasteiger partial charge in [-0.3, -0.25) is 0 Å². The number of thioether (sulfide) groups is 1. The zero-order valence-electron chi connectivity index (χ0n) is 11.3. The topological polar surface area (TPSA) is 95.4 Å². The van der Waals surface area contributed by atoms with E-state index in [0.717, 1.165) is 5.92 Å². The van der Waals surface area contributed by atoms with Crippen molar-refractivity contribution in [1.82, 2.24) is 29.7 Å². The molecule has 2 aromatic heterocycles. The number of hydrogen-bond donors (Lipinski definition) is 1. The van der Waals surface area contributed by atoms with Crippen LogP contribution in [0, 0.1) is 5.92 Å². The van der Waals surface area contributed by atoms with E-state index < -0.39 is 0 Å². The van der Waals surface area contributed by atoms with Crippen molar-refractivity contribution in [2.45, 2.75) is 43.0 Å². The Hall–Kier alpha value is -1.70. The van der Waals surface area contributed by atoms with E-state index >= 15 is 0 Å². The zero-order valence-corrected chi connectivity index (χ0v) is 12.1. The summed E-state index contributed by atoms with van der Waals surface area (Å²) in [7, 11) is 0. The van der Waals surface area contributed by atoms with Crippen LogP contribution in [-0.2, 0) is 0 Å². The van der Waals surface area contributed by atoms with Crippen LogP contribution in [0.4, 0.5) is 5.95 Å². The van der Waals surface area contributed by atoms with Gasteiger partial charge in [0, 0.05) is 5.25 Å². The molecule has 2 unspecified atom stereocenters. The van der Waals surface area contributed by atoms with Crippen LogP contribution in [-0.4, -0.2) is 35.0 Å². The SMILES string of the molecule is CC1CCCC(Sc2nc(N)nc(-n3cncn3)n2)C1. The van der Waals surface area contributed by atoms with Crippen LogP contribution in [0.15, 0.2) is 17.8 Å². The Morgan fingerprint density at radius 2 is 2.20 bits per heavy atom. The normalized spacial score (nSPS) is 22.9. The molecule has 2 N–H and O–H groups in total. The molecule has 2 aromatic rings. The van der Waals surface area contributed by atoms with Crippen molar-refractivity contribution < 1.29 is 0 Å². The van der Waals surface area contributed by atoms with Crippen LogP contribution in [0.1, 0.15) is 32.6 Å². The summed E-state index contributed by atoms with van der Waals surface area (Å²) in [5.74, 6) is 1.41. The van der Waals surface area contributed by atoms with E-state index in [4.69, 9.17) is 5.73 Å². The quantitative estimate of drug-likeness (QED) is 0.919. The largest absolute Gasteiger partial charge is 0.368 e. The van der Waals surface area contributed by atoms with E-state index in [1.807, 2.05) is 0 Å². The van der Waals surface area contributed by atoms with Gasteiger partial charge in [-0.25, -0.2) is 4.98 Å². The highest BCUT2D eigenvalue weighted by atomic mass is 32.2. The van der Waals surface area contributed by atoms with E-state index in [9.17, 15) is 0 Å². The summed E-state index contributed by atoms with van der Waals surface area (Å²) in [6.07, 6.45) is 7.99. The monoisotopic (exact) mass is 291 g/mol. The first-order valence-corrected chi connectivity index (χ1v) is 7.62. The fourth-order valence-corrected chi connectivity index (χ4v) is 3.75. The highest BCUT2D eigenvalue weighted by Crippen LogP contribution is 2.34. The fourth-order valence-electron chi connectivity index (χ4n) is 2.46. The Morgan fingerprint density at radius 3 is 2.95 bits per heavy atom. The lowest BCUT2D eigenvalue weighted by atomic mass is 9.91. The Bertz CT molecular complexity index is 571. The molecule has 0 spiro atoms. The maximum atomic E-state index is 5.76. The van der Waals surface area contributed by atoms with Crippen LogP contribution in [0.3, 0.4) is 0 Å². The molecule has 1 aliphatic carbocycles. The maximum Gasteiger partial charge on any atom is 0.257 e. The van der Waals surface area contributed by atoms with Gasteiger partial charge in [-0.15, -0.1) is 0 Å². The molecule has 0 saturated heterocycles. The second-order valence-corrected chi connectivity index (χ2v) is 6.40. The van der Waals surface area contributed by atoms with Crippen molar-refractivity contribution in [3.8, 4) is 5.95 Å². The number of nitrogens with two attached hydrogens (primary N) is 1. The third kappa shape index (κ3) is 3.06. The number of nitrogen functional groups attached to an aromatic ring is 1. The van der Waals surface area contributed by atoms with Crippen LogP contribution >= 0.6 is 11.8 Å². The zero-order chi connectivity index (χ0) is 13.9. The van der Waals surface area contributed by atoms with Crippen molar-refractivity contribution in [2.24, 2.45) is 5.92 Å². The van der Waals surface area contributed by atoms with Gasteiger partial charge in [0.25, 0.3) is 5.95 Å². The van der Waals surface area contributed by atoms with E-state index in [0.29, 0.717) is 16.4 Å². The Kier molecular flexibility index (Phi) is 3.81. The average Bonchev–Trinajstić information content (AvgIpc) is 2.91. The molecule has 2 heterocycles. The van der Waals surface area contributed by atoms with Gasteiger partial charge in [-0.2, -0.15) is 24.7 Å².